The molecule has 0 unspecified atom stereocenters. The maximum absolute atomic E-state index is 7.50. The van der Waals surface area contributed by atoms with Crippen LogP contribution < -0.4 is 0 Å². The van der Waals surface area contributed by atoms with Crippen LogP contribution in [0, 0.1) is 6.10 Å². The van der Waals surface area contributed by atoms with Crippen molar-refractivity contribution in [1.29, 1.82) is 0 Å². The fourth-order valence-electron chi connectivity index (χ4n) is 1.55. The maximum atomic E-state index is 7.50. The Morgan fingerprint density at radius 3 is 1.87 bits per heavy atom. The molecule has 15 heavy (non-hydrogen) atoms. The average molecular weight is 237 g/mol. The van der Waals surface area contributed by atoms with Gasteiger partial charge in [-0.05, 0) is 0 Å². The summed E-state index contributed by atoms with van der Waals surface area (Å²) in [5.74, 6) is 0. The number of hydrogen-bond donors (Lipinski definition) is 0. The molecule has 2 aliphatic rings. The molecule has 0 N–H and O–H groups in total. The zero-order valence-corrected chi connectivity index (χ0v) is 9.54. The summed E-state index contributed by atoms with van der Waals surface area (Å²) in [5.41, 5.74) is 2.55. The van der Waals surface area contributed by atoms with Gasteiger partial charge in [0.1, 0.15) is 0 Å². The van der Waals surface area contributed by atoms with E-state index in [9.17, 15) is 0 Å². The molecule has 0 aromatic rings. The summed E-state index contributed by atoms with van der Waals surface area (Å²) < 4.78 is 5.36. The molecule has 0 aliphatic heterocycles. The first kappa shape index (κ1) is 12.2. The number of rotatable bonds is 3. The molecule has 0 bridgehead atoms. The van der Waals surface area contributed by atoms with Crippen LogP contribution in [-0.4, -0.2) is 6.79 Å². The zero-order chi connectivity index (χ0) is 11.1. The van der Waals surface area contributed by atoms with Crippen LogP contribution in [0.25, 0.3) is 0 Å². The first-order valence-corrected chi connectivity index (χ1v) is 5.10. The van der Waals surface area contributed by atoms with Crippen LogP contribution in [0.15, 0.2) is 47.6 Å². The second-order valence-corrected chi connectivity index (χ2v) is 3.35. The van der Waals surface area contributed by atoms with Crippen LogP contribution in [0.1, 0.15) is 12.8 Å². The second-order valence-electron chi connectivity index (χ2n) is 3.07. The van der Waals surface area contributed by atoms with Gasteiger partial charge in [0.05, 0.1) is 0 Å². The van der Waals surface area contributed by atoms with Gasteiger partial charge >= 0.3 is 88.0 Å². The van der Waals surface area contributed by atoms with Crippen molar-refractivity contribution >= 4 is 6.79 Å². The quantitative estimate of drug-likeness (QED) is 0.753. The van der Waals surface area contributed by atoms with Gasteiger partial charge in [-0.2, -0.15) is 0 Å². The summed E-state index contributed by atoms with van der Waals surface area (Å²) in [6.45, 7) is 4.50. The van der Waals surface area contributed by atoms with Crippen LogP contribution >= 0.6 is 0 Å². The van der Waals surface area contributed by atoms with Crippen LogP contribution in [0.5, 0.6) is 0 Å². The van der Waals surface area contributed by atoms with Crippen molar-refractivity contribution in [3.05, 3.63) is 53.7 Å². The average Bonchev–Trinajstić information content (AvgIpc) is 2.94. The summed E-state index contributed by atoms with van der Waals surface area (Å²) in [5, 5.41) is 0. The first-order chi connectivity index (χ1) is 7.42. The summed E-state index contributed by atoms with van der Waals surface area (Å²) in [6.07, 6.45) is 15.7. The van der Waals surface area contributed by atoms with E-state index in [-0.39, 0.29) is 0 Å². The van der Waals surface area contributed by atoms with Crippen molar-refractivity contribution in [3.8, 4) is 0 Å². The van der Waals surface area contributed by atoms with Gasteiger partial charge in [-0.3, -0.25) is 4.79 Å². The van der Waals surface area contributed by atoms with E-state index in [2.05, 4.69) is 61.0 Å². The third kappa shape index (κ3) is 3.06. The summed E-state index contributed by atoms with van der Waals surface area (Å²) >= 11 is 2.18. The Hall–Kier alpha value is -0.826. The molecule has 0 amide bonds. The summed E-state index contributed by atoms with van der Waals surface area (Å²) in [6, 6.07) is 0. The van der Waals surface area contributed by atoms with Gasteiger partial charge in [-0.15, -0.1) is 0 Å². The Labute approximate surface area is 99.7 Å². The molecule has 0 spiro atoms. The minimum atomic E-state index is 0.991. The predicted octanol–water partition coefficient (Wildman–Crippen LogP) is 2.37. The second kappa shape index (κ2) is 6.62. The van der Waals surface area contributed by atoms with Crippen molar-refractivity contribution < 1.29 is 26.2 Å². The van der Waals surface area contributed by atoms with Crippen LogP contribution in [0.2, 0.25) is 0 Å². The van der Waals surface area contributed by atoms with Gasteiger partial charge in [0.25, 0.3) is 6.79 Å². The number of hydrogen-bond acceptors (Lipinski definition) is 2. The molecule has 2 rings (SSSR count). The normalized spacial score (nSPS) is 17.4. The van der Waals surface area contributed by atoms with E-state index in [0.717, 1.165) is 18.9 Å². The molecule has 0 atom stereocenters. The molecule has 0 heterocycles. The summed E-state index contributed by atoms with van der Waals surface area (Å²) in [7, 11) is 0. The number of carbonyl (C=O) groups excluding carboxylic acids is 1. The molecule has 3 radical (unpaired) electrons. The van der Waals surface area contributed by atoms with Gasteiger partial charge in [-0.1, -0.05) is 0 Å². The van der Waals surface area contributed by atoms with E-state index in [1.165, 1.54) is 11.1 Å². The Kier molecular flexibility index (Phi) is 5.40. The molecule has 3 heteroatoms. The van der Waals surface area contributed by atoms with Crippen molar-refractivity contribution in [2.24, 2.45) is 0 Å². The van der Waals surface area contributed by atoms with E-state index >= 15 is 0 Å². The van der Waals surface area contributed by atoms with E-state index in [1.54, 1.807) is 0 Å². The molecule has 0 aromatic carbocycles. The van der Waals surface area contributed by atoms with Gasteiger partial charge < -0.3 is 0 Å². The van der Waals surface area contributed by atoms with Crippen molar-refractivity contribution in [3.63, 3.8) is 0 Å². The zero-order valence-electron chi connectivity index (χ0n) is 8.14. The van der Waals surface area contributed by atoms with Crippen molar-refractivity contribution in [1.82, 2.24) is 0 Å². The Morgan fingerprint density at radius 1 is 1.13 bits per heavy atom. The molecule has 0 saturated heterocycles. The third-order valence-electron chi connectivity index (χ3n) is 2.22. The van der Waals surface area contributed by atoms with Gasteiger partial charge in [-0.25, -0.2) is 0 Å². The van der Waals surface area contributed by atoms with E-state index in [4.69, 9.17) is 8.46 Å². The van der Waals surface area contributed by atoms with Crippen LogP contribution in [-0.2, 0) is 26.2 Å². The molecule has 75 valence electrons. The molecular formula is C12H10O2V. The van der Waals surface area contributed by atoms with E-state index in [1.807, 2.05) is 0 Å². The van der Waals surface area contributed by atoms with Gasteiger partial charge in [0, 0.05) is 0 Å². The fourth-order valence-corrected chi connectivity index (χ4v) is 1.92. The Bertz CT molecular complexity index is 297. The van der Waals surface area contributed by atoms with Gasteiger partial charge in [0.15, 0.2) is 0 Å². The molecule has 0 aromatic heterocycles. The van der Waals surface area contributed by atoms with E-state index < -0.39 is 0 Å². The first-order valence-electron chi connectivity index (χ1n) is 4.53. The van der Waals surface area contributed by atoms with Gasteiger partial charge in [0.2, 0.25) is 0 Å². The number of allylic oxidation sites excluding steroid dienone is 6. The minimum absolute atomic E-state index is 0.991. The Balaban J connectivity index is 0.000000531. The topological polar surface area (TPSA) is 26.3 Å². The standard InChI is InChI=1S/C11H10O.CO.V/c12-11(9-5-1-2-6-9)10-7-3-4-8-10;1-2;/h1-5,7H,6,8H2;;/q-1;;+1. The molecule has 2 nitrogen and oxygen atoms in total. The Morgan fingerprint density at radius 2 is 1.60 bits per heavy atom. The van der Waals surface area contributed by atoms with Crippen LogP contribution in [0.3, 0.4) is 0 Å². The molecular weight excluding hydrogens is 227 g/mol. The molecule has 0 saturated carbocycles. The molecule has 2 aliphatic carbocycles. The van der Waals surface area contributed by atoms with E-state index in [0.29, 0.717) is 0 Å². The third-order valence-corrected chi connectivity index (χ3v) is 2.50. The fraction of sp³-hybridized carbons (Fsp3) is 0.167. The summed E-state index contributed by atoms with van der Waals surface area (Å²) in [4.78, 5) is 7.50. The molecule has 0 fully saturated rings. The van der Waals surface area contributed by atoms with Crippen LogP contribution in [0.4, 0.5) is 0 Å². The van der Waals surface area contributed by atoms with Crippen molar-refractivity contribution in [2.45, 2.75) is 12.8 Å². The SMILES string of the molecule is [C]=O.[V][O][C](C1=CC=CC1)C1=CC=CC1. The van der Waals surface area contributed by atoms with Crippen molar-refractivity contribution in [2.75, 3.05) is 0 Å². The monoisotopic (exact) mass is 237 g/mol. The predicted molar refractivity (Wildman–Crippen MR) is 53.7 cm³/mol.